The second-order valence-electron chi connectivity index (χ2n) is 3.63. The second kappa shape index (κ2) is 4.14. The van der Waals surface area contributed by atoms with Gasteiger partial charge in [-0.1, -0.05) is 29.8 Å². The van der Waals surface area contributed by atoms with Gasteiger partial charge in [0.2, 0.25) is 0 Å². The van der Waals surface area contributed by atoms with Gasteiger partial charge in [0.05, 0.1) is 5.02 Å². The molecule has 0 fully saturated rings. The van der Waals surface area contributed by atoms with Gasteiger partial charge in [0, 0.05) is 0 Å². The van der Waals surface area contributed by atoms with Crippen LogP contribution in [-0.2, 0) is 0 Å². The predicted molar refractivity (Wildman–Crippen MR) is 63.2 cm³/mol. The van der Waals surface area contributed by atoms with Crippen LogP contribution in [0.5, 0.6) is 5.75 Å². The smallest absolute Gasteiger partial charge is 0.142 e. The summed E-state index contributed by atoms with van der Waals surface area (Å²) in [6, 6.07) is 9.80. The normalized spacial score (nSPS) is 10.4. The molecule has 2 aromatic carbocycles. The summed E-state index contributed by atoms with van der Waals surface area (Å²) in [6.45, 7) is 1.81. The van der Waals surface area contributed by atoms with Crippen LogP contribution in [0.1, 0.15) is 5.56 Å². The summed E-state index contributed by atoms with van der Waals surface area (Å²) in [5, 5.41) is 9.66. The summed E-state index contributed by atoms with van der Waals surface area (Å²) in [4.78, 5) is 0. The maximum Gasteiger partial charge on any atom is 0.142 e. The topological polar surface area (TPSA) is 20.2 Å². The van der Waals surface area contributed by atoms with Gasteiger partial charge in [-0.15, -0.1) is 0 Å². The van der Waals surface area contributed by atoms with Gasteiger partial charge in [-0.05, 0) is 41.8 Å². The van der Waals surface area contributed by atoms with E-state index in [2.05, 4.69) is 0 Å². The Kier molecular flexibility index (Phi) is 2.84. The lowest BCUT2D eigenvalue weighted by atomic mass is 10.0. The van der Waals surface area contributed by atoms with E-state index in [9.17, 15) is 9.50 Å². The zero-order valence-corrected chi connectivity index (χ0v) is 9.42. The maximum absolute atomic E-state index is 13.3. The largest absolute Gasteiger partial charge is 0.508 e. The van der Waals surface area contributed by atoms with Crippen LogP contribution < -0.4 is 0 Å². The Morgan fingerprint density at radius 2 is 1.69 bits per heavy atom. The molecule has 0 atom stereocenters. The van der Waals surface area contributed by atoms with Crippen molar-refractivity contribution in [2.75, 3.05) is 0 Å². The highest BCUT2D eigenvalue weighted by atomic mass is 35.5. The third kappa shape index (κ3) is 2.02. The first-order valence-corrected chi connectivity index (χ1v) is 5.21. The molecule has 0 aliphatic heterocycles. The summed E-state index contributed by atoms with van der Waals surface area (Å²) < 4.78 is 13.3. The van der Waals surface area contributed by atoms with E-state index in [1.165, 1.54) is 12.1 Å². The van der Waals surface area contributed by atoms with E-state index >= 15 is 0 Å². The molecule has 0 unspecified atom stereocenters. The van der Waals surface area contributed by atoms with Crippen LogP contribution in [0.2, 0.25) is 5.02 Å². The van der Waals surface area contributed by atoms with Gasteiger partial charge in [0.15, 0.2) is 0 Å². The fourth-order valence-corrected chi connectivity index (χ4v) is 1.58. The number of aryl methyl sites for hydroxylation is 1. The number of phenolic OH excluding ortho intramolecular Hbond substituents is 1. The highest BCUT2D eigenvalue weighted by Crippen LogP contribution is 2.28. The zero-order valence-electron chi connectivity index (χ0n) is 8.67. The van der Waals surface area contributed by atoms with Crippen molar-refractivity contribution in [3.8, 4) is 16.9 Å². The third-order valence-corrected chi connectivity index (χ3v) is 2.77. The molecule has 3 heteroatoms. The van der Waals surface area contributed by atoms with E-state index < -0.39 is 5.82 Å². The van der Waals surface area contributed by atoms with Gasteiger partial charge in [0.25, 0.3) is 0 Å². The zero-order chi connectivity index (χ0) is 11.7. The summed E-state index contributed by atoms with van der Waals surface area (Å²) in [5.74, 6) is -0.257. The van der Waals surface area contributed by atoms with Crippen molar-refractivity contribution in [2.45, 2.75) is 6.92 Å². The fraction of sp³-hybridized carbons (Fsp3) is 0.0769. The molecule has 2 aromatic rings. The fourth-order valence-electron chi connectivity index (χ4n) is 1.46. The van der Waals surface area contributed by atoms with Crippen LogP contribution in [0.25, 0.3) is 11.1 Å². The number of hydrogen-bond acceptors (Lipinski definition) is 1. The Hall–Kier alpha value is -1.54. The summed E-state index contributed by atoms with van der Waals surface area (Å²) in [6.07, 6.45) is 0. The minimum atomic E-state index is -0.459. The van der Waals surface area contributed by atoms with Gasteiger partial charge in [-0.25, -0.2) is 4.39 Å². The van der Waals surface area contributed by atoms with Crippen molar-refractivity contribution >= 4 is 11.6 Å². The van der Waals surface area contributed by atoms with Crippen LogP contribution in [0, 0.1) is 12.7 Å². The van der Waals surface area contributed by atoms with E-state index in [0.717, 1.165) is 11.1 Å². The lowest BCUT2D eigenvalue weighted by Crippen LogP contribution is -1.83. The average molecular weight is 237 g/mol. The number of phenols is 1. The average Bonchev–Trinajstić information content (AvgIpc) is 2.26. The molecule has 1 nitrogen and oxygen atoms in total. The van der Waals surface area contributed by atoms with Gasteiger partial charge >= 0.3 is 0 Å². The van der Waals surface area contributed by atoms with Crippen molar-refractivity contribution in [1.82, 2.24) is 0 Å². The van der Waals surface area contributed by atoms with Gasteiger partial charge in [-0.2, -0.15) is 0 Å². The number of hydrogen-bond donors (Lipinski definition) is 1. The molecule has 16 heavy (non-hydrogen) atoms. The van der Waals surface area contributed by atoms with Crippen LogP contribution in [0.3, 0.4) is 0 Å². The first-order chi connectivity index (χ1) is 7.58. The molecule has 82 valence electrons. The summed E-state index contributed by atoms with van der Waals surface area (Å²) in [5.41, 5.74) is 2.24. The van der Waals surface area contributed by atoms with Crippen LogP contribution >= 0.6 is 11.6 Å². The Morgan fingerprint density at radius 3 is 2.31 bits per heavy atom. The Labute approximate surface area is 98.1 Å². The molecule has 0 spiro atoms. The monoisotopic (exact) mass is 236 g/mol. The Bertz CT molecular complexity index is 488. The predicted octanol–water partition coefficient (Wildman–Crippen LogP) is 4.16. The van der Waals surface area contributed by atoms with Gasteiger partial charge in [0.1, 0.15) is 11.6 Å². The lowest BCUT2D eigenvalue weighted by Gasteiger charge is -2.05. The summed E-state index contributed by atoms with van der Waals surface area (Å²) in [7, 11) is 0. The number of rotatable bonds is 1. The molecule has 0 aliphatic rings. The van der Waals surface area contributed by atoms with Crippen molar-refractivity contribution in [3.05, 3.63) is 52.8 Å². The summed E-state index contributed by atoms with van der Waals surface area (Å²) >= 11 is 5.60. The third-order valence-electron chi connectivity index (χ3n) is 2.46. The molecule has 0 aromatic heterocycles. The highest BCUT2D eigenvalue weighted by molar-refractivity contribution is 6.30. The van der Waals surface area contributed by atoms with E-state index in [1.54, 1.807) is 18.2 Å². The van der Waals surface area contributed by atoms with E-state index in [4.69, 9.17) is 11.6 Å². The molecular formula is C13H10ClFO. The van der Waals surface area contributed by atoms with Crippen LogP contribution in [0.4, 0.5) is 4.39 Å². The molecule has 0 bridgehead atoms. The molecular weight excluding hydrogens is 227 g/mol. The second-order valence-corrected chi connectivity index (χ2v) is 4.04. The quantitative estimate of drug-likeness (QED) is 0.788. The number of aromatic hydroxyl groups is 1. The van der Waals surface area contributed by atoms with Gasteiger partial charge < -0.3 is 5.11 Å². The standard InChI is InChI=1S/C13H10ClFO/c1-8-2-3-10(7-13(8)16)9-4-5-11(14)12(15)6-9/h2-7,16H,1H3. The highest BCUT2D eigenvalue weighted by Gasteiger charge is 2.05. The van der Waals surface area contributed by atoms with Crippen molar-refractivity contribution in [1.29, 1.82) is 0 Å². The van der Waals surface area contributed by atoms with E-state index in [-0.39, 0.29) is 10.8 Å². The Balaban J connectivity index is 2.50. The lowest BCUT2D eigenvalue weighted by molar-refractivity contribution is 0.471. The SMILES string of the molecule is Cc1ccc(-c2ccc(Cl)c(F)c2)cc1O. The molecule has 1 N–H and O–H groups in total. The first-order valence-electron chi connectivity index (χ1n) is 4.83. The first kappa shape index (κ1) is 11.0. The molecule has 0 heterocycles. The minimum absolute atomic E-state index is 0.0973. The van der Waals surface area contributed by atoms with E-state index in [0.29, 0.717) is 5.56 Å². The molecule has 0 saturated heterocycles. The van der Waals surface area contributed by atoms with Crippen molar-refractivity contribution in [3.63, 3.8) is 0 Å². The Morgan fingerprint density at radius 1 is 1.06 bits per heavy atom. The van der Waals surface area contributed by atoms with E-state index in [1.807, 2.05) is 13.0 Å². The number of halogens is 2. The van der Waals surface area contributed by atoms with Gasteiger partial charge in [-0.3, -0.25) is 0 Å². The van der Waals surface area contributed by atoms with Crippen molar-refractivity contribution in [2.24, 2.45) is 0 Å². The maximum atomic E-state index is 13.3. The minimum Gasteiger partial charge on any atom is -0.508 e. The van der Waals surface area contributed by atoms with Crippen LogP contribution in [-0.4, -0.2) is 5.11 Å². The van der Waals surface area contributed by atoms with Crippen LogP contribution in [0.15, 0.2) is 36.4 Å². The van der Waals surface area contributed by atoms with Crippen molar-refractivity contribution < 1.29 is 9.50 Å². The molecule has 0 saturated carbocycles. The molecule has 0 amide bonds. The molecule has 0 aliphatic carbocycles. The molecule has 0 radical (unpaired) electrons. The number of benzene rings is 2. The molecule has 2 rings (SSSR count).